The third-order valence-electron chi connectivity index (χ3n) is 5.03. The van der Waals surface area contributed by atoms with E-state index in [2.05, 4.69) is 9.37 Å². The molecule has 0 aliphatic carbocycles. The lowest BCUT2D eigenvalue weighted by Gasteiger charge is -2.30. The molecule has 7 nitrogen and oxygen atoms in total. The first-order valence-electron chi connectivity index (χ1n) is 9.06. The van der Waals surface area contributed by atoms with Gasteiger partial charge in [-0.1, -0.05) is 32.7 Å². The van der Waals surface area contributed by atoms with Gasteiger partial charge in [0.2, 0.25) is 0 Å². The van der Waals surface area contributed by atoms with Crippen molar-refractivity contribution in [3.05, 3.63) is 29.3 Å². The van der Waals surface area contributed by atoms with E-state index in [0.717, 1.165) is 0 Å². The van der Waals surface area contributed by atoms with Gasteiger partial charge in [0.1, 0.15) is 11.2 Å². The zero-order valence-corrected chi connectivity index (χ0v) is 18.5. The van der Waals surface area contributed by atoms with E-state index < -0.39 is 23.1 Å². The van der Waals surface area contributed by atoms with Gasteiger partial charge in [0.15, 0.2) is 0 Å². The fraction of sp³-hybridized carbons (Fsp3) is 0.600. The van der Waals surface area contributed by atoms with Crippen molar-refractivity contribution in [2.75, 3.05) is 0 Å². The molecule has 1 rings (SSSR count). The van der Waals surface area contributed by atoms with Crippen molar-refractivity contribution >= 4 is 24.0 Å². The van der Waals surface area contributed by atoms with Crippen LogP contribution in [0.2, 0.25) is 0 Å². The highest BCUT2D eigenvalue weighted by Crippen LogP contribution is 2.28. The summed E-state index contributed by atoms with van der Waals surface area (Å²) in [6.45, 7) is 15.1. The summed E-state index contributed by atoms with van der Waals surface area (Å²) < 4.78 is 15.6. The number of carbonyl (C=O) groups is 2. The maximum Gasteiger partial charge on any atom is 0.338 e. The summed E-state index contributed by atoms with van der Waals surface area (Å²) in [7, 11) is 0. The number of esters is 2. The molecule has 0 aromatic heterocycles. The van der Waals surface area contributed by atoms with Crippen molar-refractivity contribution in [1.29, 1.82) is 0 Å². The Kier molecular flexibility index (Phi) is 8.49. The van der Waals surface area contributed by atoms with Gasteiger partial charge in [0.05, 0.1) is 23.2 Å². The lowest BCUT2D eigenvalue weighted by molar-refractivity contribution is -0.432. The molecule has 8 heteroatoms. The standard InChI is InChI=1S/C20H30O7S/c1-12(2)19(5,6)24-17(21)14-9-15(11-16(10-14)28-27-26-23)18(22)25-20(7,8)13(3)4/h9-13,23H,1-8H3. The van der Waals surface area contributed by atoms with Gasteiger partial charge in [0, 0.05) is 4.90 Å². The molecule has 0 unspecified atom stereocenters. The second kappa shape index (κ2) is 9.73. The Morgan fingerprint density at radius 2 is 1.25 bits per heavy atom. The second-order valence-electron chi connectivity index (χ2n) is 8.27. The molecule has 158 valence electrons. The van der Waals surface area contributed by atoms with Gasteiger partial charge in [-0.25, -0.2) is 14.8 Å². The van der Waals surface area contributed by atoms with E-state index in [9.17, 15) is 9.59 Å². The summed E-state index contributed by atoms with van der Waals surface area (Å²) in [5.41, 5.74) is -1.06. The molecule has 0 saturated heterocycles. The molecule has 0 atom stereocenters. The summed E-state index contributed by atoms with van der Waals surface area (Å²) in [5, 5.41) is 12.0. The molecule has 0 heterocycles. The van der Waals surface area contributed by atoms with Gasteiger partial charge in [0.25, 0.3) is 0 Å². The first-order valence-corrected chi connectivity index (χ1v) is 9.81. The molecule has 0 aliphatic rings. The molecular weight excluding hydrogens is 384 g/mol. The third-order valence-corrected chi connectivity index (χ3v) is 5.59. The zero-order valence-electron chi connectivity index (χ0n) is 17.7. The highest BCUT2D eigenvalue weighted by Gasteiger charge is 2.30. The van der Waals surface area contributed by atoms with E-state index in [1.54, 1.807) is 0 Å². The van der Waals surface area contributed by atoms with Crippen molar-refractivity contribution in [2.45, 2.75) is 71.5 Å². The minimum absolute atomic E-state index is 0.0939. The summed E-state index contributed by atoms with van der Waals surface area (Å²) in [4.78, 5) is 25.7. The van der Waals surface area contributed by atoms with E-state index in [-0.39, 0.29) is 23.0 Å². The van der Waals surface area contributed by atoms with Crippen LogP contribution in [0.5, 0.6) is 0 Å². The summed E-state index contributed by atoms with van der Waals surface area (Å²) in [6.07, 6.45) is 0. The van der Waals surface area contributed by atoms with Crippen molar-refractivity contribution in [3.63, 3.8) is 0 Å². The molecule has 0 spiro atoms. The van der Waals surface area contributed by atoms with Crippen molar-refractivity contribution in [2.24, 2.45) is 11.8 Å². The van der Waals surface area contributed by atoms with E-state index in [4.69, 9.17) is 14.7 Å². The van der Waals surface area contributed by atoms with E-state index in [1.807, 2.05) is 55.4 Å². The van der Waals surface area contributed by atoms with Crippen LogP contribution in [0.25, 0.3) is 0 Å². The number of carbonyl (C=O) groups excluding carboxylic acids is 2. The van der Waals surface area contributed by atoms with Crippen LogP contribution >= 0.6 is 12.0 Å². The van der Waals surface area contributed by atoms with Crippen LogP contribution in [0, 0.1) is 11.8 Å². The van der Waals surface area contributed by atoms with E-state index in [1.165, 1.54) is 18.2 Å². The van der Waals surface area contributed by atoms with Crippen molar-refractivity contribution in [3.8, 4) is 0 Å². The maximum absolute atomic E-state index is 12.7. The average Bonchev–Trinajstić information content (AvgIpc) is 2.58. The van der Waals surface area contributed by atoms with Crippen LogP contribution in [0.4, 0.5) is 0 Å². The first kappa shape index (κ1) is 24.4. The average molecular weight is 415 g/mol. The number of benzene rings is 1. The Morgan fingerprint density at radius 3 is 1.57 bits per heavy atom. The monoisotopic (exact) mass is 414 g/mol. The summed E-state index contributed by atoms with van der Waals surface area (Å²) in [6, 6.07) is 4.38. The molecule has 1 aromatic rings. The van der Waals surface area contributed by atoms with Gasteiger partial charge in [-0.05, 0) is 57.7 Å². The van der Waals surface area contributed by atoms with Crippen molar-refractivity contribution < 1.29 is 33.7 Å². The van der Waals surface area contributed by atoms with Crippen LogP contribution in [-0.4, -0.2) is 28.4 Å². The lowest BCUT2D eigenvalue weighted by Crippen LogP contribution is -2.34. The SMILES string of the molecule is CC(C)C(C)(C)OC(=O)c1cc(SOOO)cc(C(=O)OC(C)(C)C(C)C)c1. The van der Waals surface area contributed by atoms with Crippen LogP contribution in [0.1, 0.15) is 76.1 Å². The minimum Gasteiger partial charge on any atom is -0.456 e. The number of hydrogen-bond donors (Lipinski definition) is 1. The molecule has 1 aromatic carbocycles. The molecule has 0 saturated carbocycles. The van der Waals surface area contributed by atoms with Crippen molar-refractivity contribution in [1.82, 2.24) is 0 Å². The maximum atomic E-state index is 12.7. The predicted molar refractivity (Wildman–Crippen MR) is 106 cm³/mol. The summed E-state index contributed by atoms with van der Waals surface area (Å²) >= 11 is 0.644. The number of ether oxygens (including phenoxy) is 2. The van der Waals surface area contributed by atoms with Gasteiger partial charge in [-0.15, -0.1) is 4.33 Å². The number of hydrogen-bond acceptors (Lipinski definition) is 8. The minimum atomic E-state index is -0.689. The topological polar surface area (TPSA) is 91.3 Å². The highest BCUT2D eigenvalue weighted by molar-refractivity contribution is 7.94. The van der Waals surface area contributed by atoms with Gasteiger partial charge < -0.3 is 9.47 Å². The summed E-state index contributed by atoms with van der Waals surface area (Å²) in [5.74, 6) is -0.973. The Morgan fingerprint density at radius 1 is 0.857 bits per heavy atom. The van der Waals surface area contributed by atoms with Crippen LogP contribution in [-0.2, 0) is 18.8 Å². The Labute approximate surface area is 170 Å². The fourth-order valence-corrected chi connectivity index (χ4v) is 2.23. The quantitative estimate of drug-likeness (QED) is 0.252. The third kappa shape index (κ3) is 6.77. The number of rotatable bonds is 9. The fourth-order valence-electron chi connectivity index (χ4n) is 1.77. The smallest absolute Gasteiger partial charge is 0.338 e. The highest BCUT2D eigenvalue weighted by atomic mass is 32.2. The molecule has 0 fully saturated rings. The molecule has 0 aliphatic heterocycles. The Hall–Kier alpha value is -1.61. The molecule has 28 heavy (non-hydrogen) atoms. The molecule has 1 N–H and O–H groups in total. The second-order valence-corrected chi connectivity index (χ2v) is 9.04. The van der Waals surface area contributed by atoms with Crippen LogP contribution in [0.15, 0.2) is 23.1 Å². The Balaban J connectivity index is 3.22. The predicted octanol–water partition coefficient (Wildman–Crippen LogP) is 5.30. The molecule has 0 amide bonds. The first-order chi connectivity index (χ1) is 12.8. The van der Waals surface area contributed by atoms with Crippen LogP contribution in [0.3, 0.4) is 0 Å². The normalized spacial score (nSPS) is 12.4. The van der Waals surface area contributed by atoms with Gasteiger partial charge in [-0.2, -0.15) is 0 Å². The van der Waals surface area contributed by atoms with Gasteiger partial charge >= 0.3 is 11.9 Å². The lowest BCUT2D eigenvalue weighted by atomic mass is 9.94. The Bertz CT molecular complexity index is 644. The van der Waals surface area contributed by atoms with Gasteiger partial charge in [-0.3, -0.25) is 0 Å². The molecule has 0 radical (unpaired) electrons. The van der Waals surface area contributed by atoms with E-state index in [0.29, 0.717) is 16.9 Å². The molecule has 0 bridgehead atoms. The largest absolute Gasteiger partial charge is 0.456 e. The van der Waals surface area contributed by atoms with Crippen LogP contribution < -0.4 is 0 Å². The molecular formula is C20H30O7S. The zero-order chi connectivity index (χ0) is 21.7. The van der Waals surface area contributed by atoms with E-state index >= 15 is 0 Å².